The van der Waals surface area contributed by atoms with Crippen molar-refractivity contribution in [1.82, 2.24) is 4.98 Å². The van der Waals surface area contributed by atoms with Crippen molar-refractivity contribution >= 4 is 29.1 Å². The molecule has 1 atom stereocenters. The highest BCUT2D eigenvalue weighted by Crippen LogP contribution is 2.32. The largest absolute Gasteiger partial charge is 0.480 e. The van der Waals surface area contributed by atoms with Gasteiger partial charge in [-0.2, -0.15) is 0 Å². The van der Waals surface area contributed by atoms with Crippen molar-refractivity contribution in [3.8, 4) is 0 Å². The van der Waals surface area contributed by atoms with Gasteiger partial charge in [0.2, 0.25) is 0 Å². The predicted molar refractivity (Wildman–Crippen MR) is 63.9 cm³/mol. The summed E-state index contributed by atoms with van der Waals surface area (Å²) < 4.78 is 0. The molecule has 0 unspecified atom stereocenters. The summed E-state index contributed by atoms with van der Waals surface area (Å²) in [6.45, 7) is 0.529. The van der Waals surface area contributed by atoms with Crippen LogP contribution in [0.3, 0.4) is 0 Å². The van der Waals surface area contributed by atoms with Crippen LogP contribution in [0.4, 0.5) is 11.5 Å². The van der Waals surface area contributed by atoms with E-state index in [0.717, 1.165) is 12.6 Å². The third-order valence-corrected chi connectivity index (χ3v) is 3.11. The molecule has 1 saturated heterocycles. The van der Waals surface area contributed by atoms with Gasteiger partial charge in [0.05, 0.1) is 9.95 Å². The number of carboxylic acid groups (broad SMARTS) is 1. The fraction of sp³-hybridized carbons (Fsp3) is 0.400. The van der Waals surface area contributed by atoms with E-state index in [1.165, 1.54) is 6.07 Å². The van der Waals surface area contributed by atoms with Gasteiger partial charge >= 0.3 is 5.97 Å². The summed E-state index contributed by atoms with van der Waals surface area (Å²) in [4.78, 5) is 26.5. The minimum Gasteiger partial charge on any atom is -0.480 e. The summed E-state index contributed by atoms with van der Waals surface area (Å²) in [5.74, 6) is -0.657. The summed E-state index contributed by atoms with van der Waals surface area (Å²) in [6.07, 6.45) is 2.33. The maximum Gasteiger partial charge on any atom is 0.326 e. The molecule has 2 rings (SSSR count). The molecule has 0 bridgehead atoms. The van der Waals surface area contributed by atoms with Gasteiger partial charge in [-0.3, -0.25) is 10.1 Å². The van der Waals surface area contributed by atoms with Gasteiger partial charge in [-0.05, 0) is 12.8 Å². The van der Waals surface area contributed by atoms with Crippen LogP contribution in [0.15, 0.2) is 12.3 Å². The fourth-order valence-corrected chi connectivity index (χ4v) is 2.28. The number of hydrogen-bond acceptors (Lipinski definition) is 5. The van der Waals surface area contributed by atoms with Crippen LogP contribution in [0.25, 0.3) is 0 Å². The van der Waals surface area contributed by atoms with E-state index >= 15 is 0 Å². The minimum atomic E-state index is -0.941. The summed E-state index contributed by atoms with van der Waals surface area (Å²) in [5, 5.41) is 19.7. The van der Waals surface area contributed by atoms with Gasteiger partial charge in [0, 0.05) is 12.6 Å². The van der Waals surface area contributed by atoms with Gasteiger partial charge in [0.15, 0.2) is 0 Å². The van der Waals surface area contributed by atoms with Crippen molar-refractivity contribution < 1.29 is 14.8 Å². The molecule has 0 amide bonds. The first kappa shape index (κ1) is 12.6. The lowest BCUT2D eigenvalue weighted by molar-refractivity contribution is -0.385. The Kier molecular flexibility index (Phi) is 3.33. The predicted octanol–water partition coefficient (Wildman–Crippen LogP) is 1.70. The van der Waals surface area contributed by atoms with E-state index in [4.69, 9.17) is 16.7 Å². The van der Waals surface area contributed by atoms with Crippen LogP contribution in [0, 0.1) is 10.1 Å². The molecular formula is C10H10ClN3O4. The van der Waals surface area contributed by atoms with Crippen LogP contribution in [0.5, 0.6) is 0 Å². The molecule has 1 aliphatic rings. The number of carboxylic acids is 1. The second-order valence-corrected chi connectivity index (χ2v) is 4.35. The van der Waals surface area contributed by atoms with Crippen LogP contribution >= 0.6 is 11.6 Å². The van der Waals surface area contributed by atoms with Gasteiger partial charge < -0.3 is 10.0 Å². The van der Waals surface area contributed by atoms with E-state index in [-0.39, 0.29) is 16.5 Å². The lowest BCUT2D eigenvalue weighted by Gasteiger charge is -2.22. The van der Waals surface area contributed by atoms with Gasteiger partial charge in [-0.1, -0.05) is 11.6 Å². The van der Waals surface area contributed by atoms with Gasteiger partial charge in [0.1, 0.15) is 18.1 Å². The highest BCUT2D eigenvalue weighted by Gasteiger charge is 2.33. The molecule has 0 radical (unpaired) electrons. The number of nitrogens with zero attached hydrogens (tertiary/aromatic N) is 3. The average molecular weight is 272 g/mol. The number of halogens is 1. The van der Waals surface area contributed by atoms with E-state index in [1.54, 1.807) is 4.90 Å². The molecule has 0 spiro atoms. The third-order valence-electron chi connectivity index (χ3n) is 2.83. The molecule has 0 aromatic carbocycles. The Hall–Kier alpha value is -1.89. The number of anilines is 1. The maximum absolute atomic E-state index is 11.1. The van der Waals surface area contributed by atoms with Crippen molar-refractivity contribution in [3.63, 3.8) is 0 Å². The van der Waals surface area contributed by atoms with Gasteiger partial charge in [-0.25, -0.2) is 9.78 Å². The molecule has 1 fully saturated rings. The first-order chi connectivity index (χ1) is 8.50. The molecule has 2 heterocycles. The van der Waals surface area contributed by atoms with Crippen molar-refractivity contribution in [2.24, 2.45) is 0 Å². The lowest BCUT2D eigenvalue weighted by atomic mass is 10.2. The van der Waals surface area contributed by atoms with Crippen LogP contribution in [-0.2, 0) is 4.79 Å². The van der Waals surface area contributed by atoms with E-state index in [9.17, 15) is 14.9 Å². The number of nitro groups is 1. The van der Waals surface area contributed by atoms with E-state index in [2.05, 4.69) is 4.98 Å². The standard InChI is InChI=1S/C10H10ClN3O4/c11-7-4-6(14(17)18)5-12-9(7)13-3-1-2-8(13)10(15)16/h4-5,8H,1-3H2,(H,15,16)/t8-/m1/s1. The highest BCUT2D eigenvalue weighted by atomic mass is 35.5. The topological polar surface area (TPSA) is 96.6 Å². The average Bonchev–Trinajstić information content (AvgIpc) is 2.77. The molecule has 0 saturated carbocycles. The molecular weight excluding hydrogens is 262 g/mol. The molecule has 1 aromatic rings. The highest BCUT2D eigenvalue weighted by molar-refractivity contribution is 6.33. The van der Waals surface area contributed by atoms with E-state index in [0.29, 0.717) is 13.0 Å². The zero-order valence-corrected chi connectivity index (χ0v) is 10.0. The number of rotatable bonds is 3. The Morgan fingerprint density at radius 1 is 1.67 bits per heavy atom. The Morgan fingerprint density at radius 3 is 2.94 bits per heavy atom. The molecule has 96 valence electrons. The molecule has 7 nitrogen and oxygen atoms in total. The van der Waals surface area contributed by atoms with Crippen molar-refractivity contribution in [1.29, 1.82) is 0 Å². The van der Waals surface area contributed by atoms with Gasteiger partial charge in [0.25, 0.3) is 5.69 Å². The van der Waals surface area contributed by atoms with Gasteiger partial charge in [-0.15, -0.1) is 0 Å². The number of aliphatic carboxylic acids is 1. The summed E-state index contributed by atoms with van der Waals surface area (Å²) in [7, 11) is 0. The maximum atomic E-state index is 11.1. The zero-order chi connectivity index (χ0) is 13.3. The molecule has 18 heavy (non-hydrogen) atoms. The summed E-state index contributed by atoms with van der Waals surface area (Å²) in [6, 6.07) is 0.512. The molecule has 1 aliphatic heterocycles. The second-order valence-electron chi connectivity index (χ2n) is 3.95. The quantitative estimate of drug-likeness (QED) is 0.664. The number of pyridine rings is 1. The number of carbonyl (C=O) groups is 1. The molecule has 1 N–H and O–H groups in total. The van der Waals surface area contributed by atoms with Crippen LogP contribution in [0.1, 0.15) is 12.8 Å². The lowest BCUT2D eigenvalue weighted by Crippen LogP contribution is -2.36. The number of hydrogen-bond donors (Lipinski definition) is 1. The second kappa shape index (κ2) is 4.77. The third kappa shape index (κ3) is 2.21. The first-order valence-corrected chi connectivity index (χ1v) is 5.68. The normalized spacial score (nSPS) is 18.9. The van der Waals surface area contributed by atoms with Crippen LogP contribution in [-0.4, -0.2) is 33.6 Å². The Balaban J connectivity index is 2.33. The van der Waals surface area contributed by atoms with Crippen molar-refractivity contribution in [2.45, 2.75) is 18.9 Å². The van der Waals surface area contributed by atoms with Crippen molar-refractivity contribution in [3.05, 3.63) is 27.4 Å². The minimum absolute atomic E-state index is 0.0948. The Bertz CT molecular complexity index is 508. The molecule has 8 heteroatoms. The molecule has 1 aromatic heterocycles. The smallest absolute Gasteiger partial charge is 0.326 e. The number of aromatic nitrogens is 1. The van der Waals surface area contributed by atoms with E-state index in [1.807, 2.05) is 0 Å². The van der Waals surface area contributed by atoms with Crippen LogP contribution in [0.2, 0.25) is 5.02 Å². The molecule has 0 aliphatic carbocycles. The van der Waals surface area contributed by atoms with Crippen molar-refractivity contribution in [2.75, 3.05) is 11.4 Å². The van der Waals surface area contributed by atoms with Crippen LogP contribution < -0.4 is 4.90 Å². The SMILES string of the molecule is O=C(O)[C@H]1CCCN1c1ncc([N+](=O)[O-])cc1Cl. The zero-order valence-electron chi connectivity index (χ0n) is 9.24. The summed E-state index contributed by atoms with van der Waals surface area (Å²) >= 11 is 5.92. The Labute approximate surface area is 107 Å². The van der Waals surface area contributed by atoms with E-state index < -0.39 is 16.9 Å². The fourth-order valence-electron chi connectivity index (χ4n) is 2.01. The monoisotopic (exact) mass is 271 g/mol. The first-order valence-electron chi connectivity index (χ1n) is 5.30. The Morgan fingerprint density at radius 2 is 2.39 bits per heavy atom. The summed E-state index contributed by atoms with van der Waals surface area (Å²) in [5.41, 5.74) is -0.213.